The monoisotopic (exact) mass is 274 g/mol. The summed E-state index contributed by atoms with van der Waals surface area (Å²) in [7, 11) is -3.52. The summed E-state index contributed by atoms with van der Waals surface area (Å²) in [6.07, 6.45) is 0. The molecule has 0 spiro atoms. The topological polar surface area (TPSA) is 71.3 Å². The zero-order valence-corrected chi connectivity index (χ0v) is 12.2. The van der Waals surface area contributed by atoms with Crippen LogP contribution in [0.5, 0.6) is 0 Å². The van der Waals surface area contributed by atoms with Crippen LogP contribution in [0.4, 0.5) is 0 Å². The van der Waals surface area contributed by atoms with Crippen LogP contribution in [-0.2, 0) is 16.6 Å². The smallest absolute Gasteiger partial charge is 0.273 e. The highest BCUT2D eigenvalue weighted by Gasteiger charge is 2.18. The van der Waals surface area contributed by atoms with E-state index in [0.717, 1.165) is 0 Å². The fourth-order valence-electron chi connectivity index (χ4n) is 1.25. The minimum Gasteiger partial charge on any atom is -0.447 e. The van der Waals surface area contributed by atoms with E-state index in [9.17, 15) is 8.42 Å². The Morgan fingerprint density at radius 2 is 1.89 bits per heavy atom. The first kappa shape index (κ1) is 15.2. The summed E-state index contributed by atoms with van der Waals surface area (Å²) >= 11 is 0. The number of hydrogen-bond acceptors (Lipinski definition) is 4. The lowest BCUT2D eigenvalue weighted by atomic mass is 10.2. The zero-order chi connectivity index (χ0) is 13.8. The first-order chi connectivity index (χ1) is 8.31. The molecule has 104 valence electrons. The molecule has 1 aromatic rings. The number of hydrogen-bond donors (Lipinski definition) is 2. The third-order valence-electron chi connectivity index (χ3n) is 2.27. The van der Waals surface area contributed by atoms with Gasteiger partial charge in [0.05, 0.1) is 6.54 Å². The molecule has 18 heavy (non-hydrogen) atoms. The maximum atomic E-state index is 11.9. The Balaban J connectivity index is 2.66. The third-order valence-corrected chi connectivity index (χ3v) is 3.56. The Kier molecular flexibility index (Phi) is 5.37. The van der Waals surface area contributed by atoms with Crippen molar-refractivity contribution in [2.24, 2.45) is 5.92 Å². The van der Waals surface area contributed by atoms with Gasteiger partial charge in [-0.2, -0.15) is 0 Å². The molecule has 5 nitrogen and oxygen atoms in total. The molecule has 1 heterocycles. The van der Waals surface area contributed by atoms with Crippen molar-refractivity contribution in [3.63, 3.8) is 0 Å². The van der Waals surface area contributed by atoms with Crippen LogP contribution in [0, 0.1) is 5.92 Å². The van der Waals surface area contributed by atoms with E-state index >= 15 is 0 Å². The van der Waals surface area contributed by atoms with E-state index in [-0.39, 0.29) is 11.0 Å². The lowest BCUT2D eigenvalue weighted by Gasteiger charge is -2.07. The Morgan fingerprint density at radius 3 is 2.44 bits per heavy atom. The van der Waals surface area contributed by atoms with Crippen LogP contribution in [-0.4, -0.2) is 21.0 Å². The fraction of sp³-hybridized carbons (Fsp3) is 0.667. The minimum absolute atomic E-state index is 0.0243. The second kappa shape index (κ2) is 6.36. The zero-order valence-electron chi connectivity index (χ0n) is 11.4. The van der Waals surface area contributed by atoms with Gasteiger partial charge in [-0.1, -0.05) is 27.7 Å². The maximum Gasteiger partial charge on any atom is 0.273 e. The van der Waals surface area contributed by atoms with Crippen molar-refractivity contribution in [2.45, 2.75) is 45.4 Å². The molecule has 0 aromatic carbocycles. The Labute approximate surface area is 109 Å². The van der Waals surface area contributed by atoms with Crippen LogP contribution in [0.3, 0.4) is 0 Å². The molecule has 0 atom stereocenters. The van der Waals surface area contributed by atoms with Crippen molar-refractivity contribution >= 4 is 10.0 Å². The summed E-state index contributed by atoms with van der Waals surface area (Å²) in [5, 5.41) is 3.14. The normalized spacial score (nSPS) is 12.6. The van der Waals surface area contributed by atoms with E-state index in [1.54, 1.807) is 6.07 Å². The van der Waals surface area contributed by atoms with Crippen LogP contribution in [0.2, 0.25) is 0 Å². The average Bonchev–Trinajstić information content (AvgIpc) is 2.73. The van der Waals surface area contributed by atoms with Crippen molar-refractivity contribution in [1.29, 1.82) is 0 Å². The van der Waals surface area contributed by atoms with Gasteiger partial charge in [-0.15, -0.1) is 0 Å². The van der Waals surface area contributed by atoms with Crippen LogP contribution in [0.1, 0.15) is 33.5 Å². The van der Waals surface area contributed by atoms with Gasteiger partial charge in [0.2, 0.25) is 5.09 Å². The molecule has 0 amide bonds. The molecule has 0 aliphatic carbocycles. The number of rotatable bonds is 7. The maximum absolute atomic E-state index is 11.9. The number of nitrogens with one attached hydrogen (secondary N) is 2. The van der Waals surface area contributed by atoms with Crippen molar-refractivity contribution in [2.75, 3.05) is 6.54 Å². The van der Waals surface area contributed by atoms with Gasteiger partial charge in [0.1, 0.15) is 5.76 Å². The standard InChI is InChI=1S/C12H22N2O3S/c1-9(2)7-14-18(15,16)12-6-5-11(17-12)8-13-10(3)4/h5-6,9-10,13-14H,7-8H2,1-4H3. The predicted octanol–water partition coefficient (Wildman–Crippen LogP) is 1.71. The highest BCUT2D eigenvalue weighted by Crippen LogP contribution is 2.14. The van der Waals surface area contributed by atoms with Gasteiger partial charge in [-0.3, -0.25) is 0 Å². The van der Waals surface area contributed by atoms with E-state index in [1.165, 1.54) is 6.07 Å². The molecule has 0 aliphatic heterocycles. The molecule has 6 heteroatoms. The van der Waals surface area contributed by atoms with Gasteiger partial charge in [0.25, 0.3) is 10.0 Å². The third kappa shape index (κ3) is 4.80. The summed E-state index contributed by atoms with van der Waals surface area (Å²) in [5.41, 5.74) is 0. The Hall–Kier alpha value is -0.850. The molecule has 0 saturated heterocycles. The molecular formula is C12H22N2O3S. The second-order valence-corrected chi connectivity index (χ2v) is 6.70. The molecular weight excluding hydrogens is 252 g/mol. The molecule has 2 N–H and O–H groups in total. The lowest BCUT2D eigenvalue weighted by molar-refractivity contribution is 0.392. The lowest BCUT2D eigenvalue weighted by Crippen LogP contribution is -2.27. The van der Waals surface area contributed by atoms with Gasteiger partial charge in [0, 0.05) is 12.6 Å². The summed E-state index contributed by atoms with van der Waals surface area (Å²) in [5.74, 6) is 0.880. The Bertz CT molecular complexity index is 463. The van der Waals surface area contributed by atoms with Gasteiger partial charge in [-0.25, -0.2) is 13.1 Å². The minimum atomic E-state index is -3.52. The van der Waals surface area contributed by atoms with E-state index in [0.29, 0.717) is 24.9 Å². The molecule has 0 radical (unpaired) electrons. The van der Waals surface area contributed by atoms with Crippen LogP contribution in [0.25, 0.3) is 0 Å². The molecule has 0 fully saturated rings. The van der Waals surface area contributed by atoms with Crippen molar-refractivity contribution < 1.29 is 12.8 Å². The van der Waals surface area contributed by atoms with Crippen LogP contribution >= 0.6 is 0 Å². The van der Waals surface area contributed by atoms with Gasteiger partial charge in [0.15, 0.2) is 0 Å². The summed E-state index contributed by atoms with van der Waals surface area (Å²) < 4.78 is 31.6. The summed E-state index contributed by atoms with van der Waals surface area (Å²) in [6.45, 7) is 8.86. The quantitative estimate of drug-likeness (QED) is 0.794. The van der Waals surface area contributed by atoms with Gasteiger partial charge in [-0.05, 0) is 18.1 Å². The highest BCUT2D eigenvalue weighted by molar-refractivity contribution is 7.89. The van der Waals surface area contributed by atoms with E-state index < -0.39 is 10.0 Å². The molecule has 0 aliphatic rings. The molecule has 0 unspecified atom stereocenters. The van der Waals surface area contributed by atoms with Crippen molar-refractivity contribution in [3.05, 3.63) is 17.9 Å². The van der Waals surface area contributed by atoms with Gasteiger partial charge < -0.3 is 9.73 Å². The number of furan rings is 1. The first-order valence-electron chi connectivity index (χ1n) is 6.13. The van der Waals surface area contributed by atoms with E-state index in [4.69, 9.17) is 4.42 Å². The average molecular weight is 274 g/mol. The van der Waals surface area contributed by atoms with Crippen LogP contribution in [0.15, 0.2) is 21.6 Å². The number of sulfonamides is 1. The second-order valence-electron chi connectivity index (χ2n) is 5.00. The largest absolute Gasteiger partial charge is 0.447 e. The fourth-order valence-corrected chi connectivity index (χ4v) is 2.41. The van der Waals surface area contributed by atoms with E-state index in [2.05, 4.69) is 10.0 Å². The molecule has 1 rings (SSSR count). The molecule has 1 aromatic heterocycles. The SMILES string of the molecule is CC(C)CNS(=O)(=O)c1ccc(CNC(C)C)o1. The highest BCUT2D eigenvalue weighted by atomic mass is 32.2. The Morgan fingerprint density at radius 1 is 1.22 bits per heavy atom. The molecule has 0 bridgehead atoms. The van der Waals surface area contributed by atoms with Crippen LogP contribution < -0.4 is 10.0 Å². The van der Waals surface area contributed by atoms with Crippen molar-refractivity contribution in [1.82, 2.24) is 10.0 Å². The van der Waals surface area contributed by atoms with E-state index in [1.807, 2.05) is 27.7 Å². The van der Waals surface area contributed by atoms with Crippen molar-refractivity contribution in [3.8, 4) is 0 Å². The first-order valence-corrected chi connectivity index (χ1v) is 7.61. The summed E-state index contributed by atoms with van der Waals surface area (Å²) in [6, 6.07) is 3.49. The summed E-state index contributed by atoms with van der Waals surface area (Å²) in [4.78, 5) is 0. The van der Waals surface area contributed by atoms with Gasteiger partial charge >= 0.3 is 0 Å². The predicted molar refractivity (Wildman–Crippen MR) is 70.7 cm³/mol. The molecule has 0 saturated carbocycles.